The Balaban J connectivity index is 2.17. The van der Waals surface area contributed by atoms with E-state index < -0.39 is 10.9 Å². The van der Waals surface area contributed by atoms with Gasteiger partial charge in [-0.1, -0.05) is 0 Å². The Morgan fingerprint density at radius 2 is 2.14 bits per heavy atom. The maximum atomic E-state index is 11.4. The first-order valence-corrected chi connectivity index (χ1v) is 7.19. The van der Waals surface area contributed by atoms with Crippen LogP contribution in [0.25, 0.3) is 0 Å². The van der Waals surface area contributed by atoms with Crippen LogP contribution in [0.3, 0.4) is 0 Å². The highest BCUT2D eigenvalue weighted by Gasteiger charge is 2.06. The molecule has 114 valence electrons. The molecule has 0 aromatic carbocycles. The summed E-state index contributed by atoms with van der Waals surface area (Å²) in [5.74, 6) is -0.486. The number of rotatable bonds is 9. The van der Waals surface area contributed by atoms with Gasteiger partial charge < -0.3 is 10.4 Å². The van der Waals surface area contributed by atoms with E-state index in [1.807, 2.05) is 0 Å². The second kappa shape index (κ2) is 8.90. The number of thioether (sulfide) groups is 1. The zero-order chi connectivity index (χ0) is 15.7. The number of aromatic nitrogens is 1. The van der Waals surface area contributed by atoms with Crippen molar-refractivity contribution in [2.24, 2.45) is 0 Å². The highest BCUT2D eigenvalue weighted by atomic mass is 32.2. The standard InChI is InChI=1S/C12H15N3O5S/c16-10(13-6-5-12(17)18)2-1-7-21-11-4-3-9(8-14-11)15(19)20/h3-4,8H,1-2,5-7H2,(H,13,16)(H,17,18). The molecule has 0 aliphatic carbocycles. The molecule has 0 fully saturated rings. The first kappa shape index (κ1) is 16.9. The Labute approximate surface area is 125 Å². The molecule has 0 unspecified atom stereocenters. The van der Waals surface area contributed by atoms with Crippen LogP contribution in [0, 0.1) is 10.1 Å². The van der Waals surface area contributed by atoms with Crippen LogP contribution in [0.2, 0.25) is 0 Å². The van der Waals surface area contributed by atoms with Crippen LogP contribution in [0.4, 0.5) is 5.69 Å². The molecule has 0 atom stereocenters. The zero-order valence-corrected chi connectivity index (χ0v) is 12.0. The van der Waals surface area contributed by atoms with Crippen LogP contribution in [-0.2, 0) is 9.59 Å². The van der Waals surface area contributed by atoms with Crippen LogP contribution < -0.4 is 5.32 Å². The summed E-state index contributed by atoms with van der Waals surface area (Å²) in [6.45, 7) is 0.130. The first-order valence-electron chi connectivity index (χ1n) is 6.21. The molecule has 1 aromatic rings. The van der Waals surface area contributed by atoms with E-state index in [0.717, 1.165) is 0 Å². The fraction of sp³-hybridized carbons (Fsp3) is 0.417. The van der Waals surface area contributed by atoms with E-state index in [-0.39, 0.29) is 24.6 Å². The average molecular weight is 313 g/mol. The van der Waals surface area contributed by atoms with E-state index in [9.17, 15) is 19.7 Å². The summed E-state index contributed by atoms with van der Waals surface area (Å²) >= 11 is 1.40. The number of carbonyl (C=O) groups excluding carboxylic acids is 1. The minimum Gasteiger partial charge on any atom is -0.481 e. The van der Waals surface area contributed by atoms with Gasteiger partial charge in [-0.3, -0.25) is 19.7 Å². The molecule has 8 nitrogen and oxygen atoms in total. The second-order valence-electron chi connectivity index (χ2n) is 4.06. The van der Waals surface area contributed by atoms with Crippen molar-refractivity contribution in [3.8, 4) is 0 Å². The lowest BCUT2D eigenvalue weighted by atomic mass is 10.3. The SMILES string of the molecule is O=C(O)CCNC(=O)CCCSc1ccc([N+](=O)[O-])cn1. The molecular formula is C12H15N3O5S. The lowest BCUT2D eigenvalue weighted by Gasteiger charge is -2.03. The third-order valence-electron chi connectivity index (χ3n) is 2.39. The van der Waals surface area contributed by atoms with Crippen molar-refractivity contribution >= 4 is 29.3 Å². The van der Waals surface area contributed by atoms with Crippen LogP contribution >= 0.6 is 11.8 Å². The number of pyridine rings is 1. The summed E-state index contributed by atoms with van der Waals surface area (Å²) in [5, 5.41) is 22.0. The van der Waals surface area contributed by atoms with Gasteiger partial charge in [0.05, 0.1) is 16.4 Å². The third kappa shape index (κ3) is 7.25. The van der Waals surface area contributed by atoms with E-state index in [2.05, 4.69) is 10.3 Å². The number of carboxylic acids is 1. The number of carbonyl (C=O) groups is 2. The van der Waals surface area contributed by atoms with Gasteiger partial charge in [0.1, 0.15) is 6.20 Å². The molecule has 0 saturated carbocycles. The molecular weight excluding hydrogens is 298 g/mol. The molecule has 9 heteroatoms. The normalized spacial score (nSPS) is 10.1. The number of carboxylic acid groups (broad SMARTS) is 1. The number of amides is 1. The third-order valence-corrected chi connectivity index (χ3v) is 3.42. The van der Waals surface area contributed by atoms with Crippen molar-refractivity contribution in [3.63, 3.8) is 0 Å². The zero-order valence-electron chi connectivity index (χ0n) is 11.2. The van der Waals surface area contributed by atoms with E-state index in [4.69, 9.17) is 5.11 Å². The Kier molecular flexibility index (Phi) is 7.16. The van der Waals surface area contributed by atoms with Gasteiger partial charge in [0.2, 0.25) is 5.91 Å². The highest BCUT2D eigenvalue weighted by Crippen LogP contribution is 2.19. The Bertz CT molecular complexity index is 506. The number of nitrogens with zero attached hydrogens (tertiary/aromatic N) is 2. The Morgan fingerprint density at radius 3 is 2.71 bits per heavy atom. The molecule has 0 spiro atoms. The topological polar surface area (TPSA) is 122 Å². The van der Waals surface area contributed by atoms with Crippen LogP contribution in [0.5, 0.6) is 0 Å². The molecule has 1 heterocycles. The van der Waals surface area contributed by atoms with Gasteiger partial charge in [-0.15, -0.1) is 11.8 Å². The number of aliphatic carboxylic acids is 1. The summed E-state index contributed by atoms with van der Waals surface area (Å²) in [5.41, 5.74) is -0.0582. The molecule has 0 aliphatic heterocycles. The Hall–Kier alpha value is -2.16. The van der Waals surface area contributed by atoms with Gasteiger partial charge in [0, 0.05) is 19.0 Å². The molecule has 0 bridgehead atoms. The van der Waals surface area contributed by atoms with Crippen molar-refractivity contribution in [3.05, 3.63) is 28.4 Å². The van der Waals surface area contributed by atoms with Crippen molar-refractivity contribution in [1.82, 2.24) is 10.3 Å². The fourth-order valence-electron chi connectivity index (χ4n) is 1.37. The molecule has 0 aliphatic rings. The van der Waals surface area contributed by atoms with E-state index >= 15 is 0 Å². The second-order valence-corrected chi connectivity index (χ2v) is 5.17. The fourth-order valence-corrected chi connectivity index (χ4v) is 2.16. The lowest BCUT2D eigenvalue weighted by molar-refractivity contribution is -0.385. The molecule has 21 heavy (non-hydrogen) atoms. The maximum absolute atomic E-state index is 11.4. The minimum absolute atomic E-state index is 0.0582. The maximum Gasteiger partial charge on any atom is 0.305 e. The van der Waals surface area contributed by atoms with E-state index in [1.165, 1.54) is 24.0 Å². The van der Waals surface area contributed by atoms with Gasteiger partial charge in [0.25, 0.3) is 5.69 Å². The summed E-state index contributed by atoms with van der Waals surface area (Å²) in [7, 11) is 0. The average Bonchev–Trinajstić information content (AvgIpc) is 2.43. The number of nitro groups is 1. The summed E-state index contributed by atoms with van der Waals surface area (Å²) < 4.78 is 0. The van der Waals surface area contributed by atoms with E-state index in [1.54, 1.807) is 6.07 Å². The molecule has 1 rings (SSSR count). The quantitative estimate of drug-likeness (QED) is 0.306. The number of nitrogens with one attached hydrogen (secondary N) is 1. The smallest absolute Gasteiger partial charge is 0.305 e. The van der Waals surface area contributed by atoms with Gasteiger partial charge in [-0.25, -0.2) is 4.98 Å². The molecule has 0 saturated heterocycles. The largest absolute Gasteiger partial charge is 0.481 e. The van der Waals surface area contributed by atoms with Crippen molar-refractivity contribution < 1.29 is 19.6 Å². The monoisotopic (exact) mass is 313 g/mol. The summed E-state index contributed by atoms with van der Waals surface area (Å²) in [6.07, 6.45) is 2.02. The van der Waals surface area contributed by atoms with Crippen LogP contribution in [0.15, 0.2) is 23.4 Å². The van der Waals surface area contributed by atoms with Crippen LogP contribution in [-0.4, -0.2) is 39.2 Å². The predicted molar refractivity (Wildman–Crippen MR) is 76.1 cm³/mol. The minimum atomic E-state index is -0.949. The van der Waals surface area contributed by atoms with Crippen molar-refractivity contribution in [1.29, 1.82) is 0 Å². The van der Waals surface area contributed by atoms with Crippen molar-refractivity contribution in [2.75, 3.05) is 12.3 Å². The van der Waals surface area contributed by atoms with Crippen molar-refractivity contribution in [2.45, 2.75) is 24.3 Å². The predicted octanol–water partition coefficient (Wildman–Crippen LogP) is 1.45. The molecule has 0 radical (unpaired) electrons. The van der Waals surface area contributed by atoms with Gasteiger partial charge in [-0.05, 0) is 18.2 Å². The summed E-state index contributed by atoms with van der Waals surface area (Å²) in [4.78, 5) is 35.5. The molecule has 2 N–H and O–H groups in total. The molecule has 1 aromatic heterocycles. The van der Waals surface area contributed by atoms with E-state index in [0.29, 0.717) is 23.6 Å². The van der Waals surface area contributed by atoms with Gasteiger partial charge in [-0.2, -0.15) is 0 Å². The van der Waals surface area contributed by atoms with Crippen LogP contribution in [0.1, 0.15) is 19.3 Å². The summed E-state index contributed by atoms with van der Waals surface area (Å²) in [6, 6.07) is 2.95. The lowest BCUT2D eigenvalue weighted by Crippen LogP contribution is -2.25. The first-order chi connectivity index (χ1) is 9.99. The highest BCUT2D eigenvalue weighted by molar-refractivity contribution is 7.99. The van der Waals surface area contributed by atoms with Gasteiger partial charge >= 0.3 is 5.97 Å². The number of hydrogen-bond acceptors (Lipinski definition) is 6. The number of hydrogen-bond donors (Lipinski definition) is 2. The molecule has 1 amide bonds. The Morgan fingerprint density at radius 1 is 1.38 bits per heavy atom. The van der Waals surface area contributed by atoms with Gasteiger partial charge in [0.15, 0.2) is 0 Å².